The fourth-order valence-electron chi connectivity index (χ4n) is 6.49. The van der Waals surface area contributed by atoms with E-state index in [4.69, 9.17) is 0 Å². The van der Waals surface area contributed by atoms with Crippen molar-refractivity contribution in [3.05, 3.63) is 245 Å². The van der Waals surface area contributed by atoms with E-state index < -0.39 is 34.9 Å². The molecule has 75 heavy (non-hydrogen) atoms. The Morgan fingerprint density at radius 2 is 0.467 bits per heavy atom. The van der Waals surface area contributed by atoms with E-state index in [9.17, 15) is 43.9 Å². The maximum atomic E-state index is 12.6. The molecule has 0 unspecified atom stereocenters. The van der Waals surface area contributed by atoms with Crippen molar-refractivity contribution in [2.45, 2.75) is 144 Å². The SMILES string of the molecule is C.CC1CCC(C)CC1.Cc1cc(F)c(C)c(F)c1.Cc1cc(F)c(C)c(F)c1.Cc1cc(F)c(C)cc1F.Cc1ccc(C)c(F)c1.Cc1ccc(C)c(F)c1.Cc1ccc(C)c(F)c1F.Cc1ccc(C)cc1. The van der Waals surface area contributed by atoms with Gasteiger partial charge in [-0.1, -0.05) is 119 Å². The molecule has 8 rings (SSSR count). The molecule has 0 aliphatic heterocycles. The third-order valence-corrected chi connectivity index (χ3v) is 11.9. The summed E-state index contributed by atoms with van der Waals surface area (Å²) in [6.07, 6.45) is 5.89. The fraction of sp³-hybridized carbons (Fsp3) is 0.354. The summed E-state index contributed by atoms with van der Waals surface area (Å²) in [6.45, 7) is 28.5. The molecule has 0 radical (unpaired) electrons. The maximum Gasteiger partial charge on any atom is 0.161 e. The predicted octanol–water partition coefficient (Wildman–Crippen LogP) is 21.0. The van der Waals surface area contributed by atoms with Gasteiger partial charge in [0, 0.05) is 11.1 Å². The van der Waals surface area contributed by atoms with Gasteiger partial charge in [-0.2, -0.15) is 0 Å². The summed E-state index contributed by atoms with van der Waals surface area (Å²) < 4.78 is 126. The van der Waals surface area contributed by atoms with Crippen molar-refractivity contribution in [3.63, 3.8) is 0 Å². The van der Waals surface area contributed by atoms with Gasteiger partial charge in [-0.15, -0.1) is 0 Å². The average Bonchev–Trinajstić information content (AvgIpc) is 3.33. The third kappa shape index (κ3) is 26.8. The van der Waals surface area contributed by atoms with E-state index in [1.165, 1.54) is 127 Å². The van der Waals surface area contributed by atoms with Crippen LogP contribution in [0.25, 0.3) is 0 Å². The first-order chi connectivity index (χ1) is 34.4. The highest BCUT2D eigenvalue weighted by atomic mass is 19.2. The highest BCUT2D eigenvalue weighted by Gasteiger charge is 2.13. The Labute approximate surface area is 443 Å². The van der Waals surface area contributed by atoms with Crippen molar-refractivity contribution in [1.29, 1.82) is 0 Å². The van der Waals surface area contributed by atoms with Crippen LogP contribution in [0, 0.1) is 167 Å². The molecule has 1 aliphatic rings. The molecular weight excluding hydrogens is 971 g/mol. The van der Waals surface area contributed by atoms with E-state index in [2.05, 4.69) is 52.0 Å². The lowest BCUT2D eigenvalue weighted by molar-refractivity contribution is 0.308. The van der Waals surface area contributed by atoms with Crippen LogP contribution in [0.3, 0.4) is 0 Å². The summed E-state index contributed by atoms with van der Waals surface area (Å²) in [5.41, 5.74) is 8.82. The molecule has 0 nitrogen and oxygen atoms in total. The Morgan fingerprint density at radius 3 is 0.707 bits per heavy atom. The molecule has 0 atom stereocenters. The molecule has 1 fully saturated rings. The van der Waals surface area contributed by atoms with Gasteiger partial charge in [0.05, 0.1) is 0 Å². The van der Waals surface area contributed by atoms with Crippen molar-refractivity contribution in [3.8, 4) is 0 Å². The molecular formula is C65H80F10. The van der Waals surface area contributed by atoms with Crippen LogP contribution in [-0.4, -0.2) is 0 Å². The smallest absolute Gasteiger partial charge is 0.161 e. The average molecular weight is 1050 g/mol. The third-order valence-electron chi connectivity index (χ3n) is 11.9. The predicted molar refractivity (Wildman–Crippen MR) is 295 cm³/mol. The van der Waals surface area contributed by atoms with Crippen molar-refractivity contribution in [2.75, 3.05) is 0 Å². The molecule has 7 aromatic rings. The molecule has 0 bridgehead atoms. The number of benzene rings is 7. The first kappa shape index (κ1) is 68.8. The van der Waals surface area contributed by atoms with E-state index in [0.29, 0.717) is 44.5 Å². The van der Waals surface area contributed by atoms with Gasteiger partial charge in [-0.25, -0.2) is 43.9 Å². The van der Waals surface area contributed by atoms with Gasteiger partial charge >= 0.3 is 0 Å². The maximum absolute atomic E-state index is 12.6. The second-order valence-corrected chi connectivity index (χ2v) is 19.4. The standard InChI is InChI=1S/4C8H8F2.2C8H9F.C8H16.C8H10.CH4/c1-5-3-8(10)6(2)4-7(5)9;2*1-5-3-7(9)6(2)8(10)4-5;1-5-3-4-6(2)8(10)7(5)9;2*1-6-3-4-7(2)8(9)5-6;2*1-7-3-5-8(2)6-4-7;/h4*3-4H,1-2H3;2*3-5H,1-2H3;7-8H,3-6H2,1-2H3;3-6H,1-2H3;1H4. The molecule has 1 saturated carbocycles. The summed E-state index contributed by atoms with van der Waals surface area (Å²) >= 11 is 0. The summed E-state index contributed by atoms with van der Waals surface area (Å²) in [6, 6.07) is 29.7. The molecule has 0 saturated heterocycles. The molecule has 0 spiro atoms. The first-order valence-corrected chi connectivity index (χ1v) is 24.6. The van der Waals surface area contributed by atoms with Gasteiger partial charge in [0.25, 0.3) is 0 Å². The number of rotatable bonds is 0. The van der Waals surface area contributed by atoms with Crippen molar-refractivity contribution in [2.24, 2.45) is 11.8 Å². The van der Waals surface area contributed by atoms with Crippen LogP contribution in [0.15, 0.2) is 109 Å². The van der Waals surface area contributed by atoms with Gasteiger partial charge in [0.15, 0.2) is 11.6 Å². The van der Waals surface area contributed by atoms with Crippen LogP contribution < -0.4 is 0 Å². The molecule has 0 N–H and O–H groups in total. The Morgan fingerprint density at radius 1 is 0.253 bits per heavy atom. The van der Waals surface area contributed by atoms with Crippen LogP contribution in [0.1, 0.15) is 125 Å². The fourth-order valence-corrected chi connectivity index (χ4v) is 6.49. The molecule has 7 aromatic carbocycles. The highest BCUT2D eigenvalue weighted by Crippen LogP contribution is 2.27. The number of hydrogen-bond acceptors (Lipinski definition) is 0. The lowest BCUT2D eigenvalue weighted by atomic mass is 9.84. The lowest BCUT2D eigenvalue weighted by Crippen LogP contribution is -2.08. The zero-order valence-electron chi connectivity index (χ0n) is 46.2. The minimum atomic E-state index is -0.736. The highest BCUT2D eigenvalue weighted by molar-refractivity contribution is 5.27. The van der Waals surface area contributed by atoms with Crippen LogP contribution in [0.4, 0.5) is 43.9 Å². The lowest BCUT2D eigenvalue weighted by Gasteiger charge is -2.22. The quantitative estimate of drug-likeness (QED) is 0.133. The number of aryl methyl sites for hydroxylation is 12. The number of halogens is 10. The molecule has 0 aromatic heterocycles. The Balaban J connectivity index is 0.000000834. The monoisotopic (exact) mass is 1050 g/mol. The van der Waals surface area contributed by atoms with E-state index in [1.54, 1.807) is 52.0 Å². The zero-order chi connectivity index (χ0) is 56.6. The largest absolute Gasteiger partial charge is 0.207 e. The van der Waals surface area contributed by atoms with E-state index >= 15 is 0 Å². The van der Waals surface area contributed by atoms with Gasteiger partial charge in [0.1, 0.15) is 46.5 Å². The Kier molecular flexibility index (Phi) is 31.6. The minimum Gasteiger partial charge on any atom is -0.207 e. The van der Waals surface area contributed by atoms with Gasteiger partial charge in [-0.3, -0.25) is 0 Å². The minimum absolute atomic E-state index is 0. The van der Waals surface area contributed by atoms with E-state index in [-0.39, 0.29) is 41.8 Å². The molecule has 410 valence electrons. The van der Waals surface area contributed by atoms with Gasteiger partial charge in [0.2, 0.25) is 0 Å². The topological polar surface area (TPSA) is 0 Å². The van der Waals surface area contributed by atoms with Crippen LogP contribution in [0.5, 0.6) is 0 Å². The molecule has 10 heteroatoms. The first-order valence-electron chi connectivity index (χ1n) is 24.6. The van der Waals surface area contributed by atoms with Crippen molar-refractivity contribution < 1.29 is 43.9 Å². The molecule has 0 heterocycles. The van der Waals surface area contributed by atoms with Gasteiger partial charge in [-0.05, 0) is 213 Å². The summed E-state index contributed by atoms with van der Waals surface area (Å²) in [5, 5.41) is 0. The molecule has 1 aliphatic carbocycles. The van der Waals surface area contributed by atoms with E-state index in [1.807, 2.05) is 26.0 Å². The van der Waals surface area contributed by atoms with Gasteiger partial charge < -0.3 is 0 Å². The normalized spacial score (nSPS) is 12.9. The molecule has 0 amide bonds. The zero-order valence-corrected chi connectivity index (χ0v) is 46.2. The summed E-state index contributed by atoms with van der Waals surface area (Å²) in [4.78, 5) is 0. The van der Waals surface area contributed by atoms with Crippen LogP contribution in [-0.2, 0) is 0 Å². The second kappa shape index (κ2) is 34.4. The van der Waals surface area contributed by atoms with Crippen molar-refractivity contribution >= 4 is 0 Å². The van der Waals surface area contributed by atoms with E-state index in [0.717, 1.165) is 23.0 Å². The number of hydrogen-bond donors (Lipinski definition) is 0. The Bertz CT molecular complexity index is 2540. The van der Waals surface area contributed by atoms with Crippen LogP contribution >= 0.6 is 0 Å². The van der Waals surface area contributed by atoms with Crippen molar-refractivity contribution in [1.82, 2.24) is 0 Å². The summed E-state index contributed by atoms with van der Waals surface area (Å²) in [5.74, 6) is -2.26. The Hall–Kier alpha value is -6.16. The van der Waals surface area contributed by atoms with Crippen LogP contribution in [0.2, 0.25) is 0 Å². The second-order valence-electron chi connectivity index (χ2n) is 19.4. The summed E-state index contributed by atoms with van der Waals surface area (Å²) in [7, 11) is 0.